The summed E-state index contributed by atoms with van der Waals surface area (Å²) in [6.07, 6.45) is 2.05. The van der Waals surface area contributed by atoms with Crippen molar-refractivity contribution >= 4 is 32.3 Å². The van der Waals surface area contributed by atoms with E-state index < -0.39 is 9.84 Å². The lowest BCUT2D eigenvalue weighted by Gasteiger charge is -2.73. The summed E-state index contributed by atoms with van der Waals surface area (Å²) in [6.45, 7) is 6.88. The van der Waals surface area contributed by atoms with Gasteiger partial charge in [-0.05, 0) is 35.8 Å². The molecular formula is C26H33N3O4S. The van der Waals surface area contributed by atoms with Crippen molar-refractivity contribution in [2.45, 2.75) is 38.8 Å². The molecule has 34 heavy (non-hydrogen) atoms. The van der Waals surface area contributed by atoms with Crippen LogP contribution in [0.3, 0.4) is 0 Å². The van der Waals surface area contributed by atoms with Gasteiger partial charge in [0, 0.05) is 48.7 Å². The standard InChI is InChI=1S/C26H33N3O4S/c1-25-15-23-26(25,2)14-18(29(17-25)24(30)27-10-12-34(31,32)13-11-27)16-28(23)21-8-9-22(33-3)20-7-5-4-6-19(20)21/h4-9,18,23H,10-17H2,1-3H3. The van der Waals surface area contributed by atoms with Gasteiger partial charge in [-0.15, -0.1) is 0 Å². The fourth-order valence-electron chi connectivity index (χ4n) is 7.12. The zero-order chi connectivity index (χ0) is 23.9. The number of anilines is 1. The van der Waals surface area contributed by atoms with Crippen LogP contribution in [0.5, 0.6) is 5.75 Å². The van der Waals surface area contributed by atoms with Crippen LogP contribution in [0.25, 0.3) is 10.8 Å². The van der Waals surface area contributed by atoms with Crippen LogP contribution in [0.2, 0.25) is 0 Å². The van der Waals surface area contributed by atoms with Crippen molar-refractivity contribution in [3.63, 3.8) is 0 Å². The van der Waals surface area contributed by atoms with Gasteiger partial charge in [0.2, 0.25) is 0 Å². The largest absolute Gasteiger partial charge is 0.496 e. The summed E-state index contributed by atoms with van der Waals surface area (Å²) < 4.78 is 29.4. The highest BCUT2D eigenvalue weighted by Crippen LogP contribution is 2.66. The minimum Gasteiger partial charge on any atom is -0.496 e. The number of hydrogen-bond donors (Lipinski definition) is 0. The highest BCUT2D eigenvalue weighted by atomic mass is 32.2. The molecule has 1 aliphatic carbocycles. The Kier molecular flexibility index (Phi) is 4.70. The van der Waals surface area contributed by atoms with Crippen molar-refractivity contribution < 1.29 is 17.9 Å². The van der Waals surface area contributed by atoms with E-state index in [-0.39, 0.29) is 34.4 Å². The number of urea groups is 1. The van der Waals surface area contributed by atoms with Crippen LogP contribution in [0.1, 0.15) is 26.7 Å². The van der Waals surface area contributed by atoms with E-state index >= 15 is 0 Å². The Labute approximate surface area is 201 Å². The van der Waals surface area contributed by atoms with Gasteiger partial charge in [0.15, 0.2) is 9.84 Å². The van der Waals surface area contributed by atoms with Crippen molar-refractivity contribution in [3.8, 4) is 5.75 Å². The number of ether oxygens (including phenoxy) is 1. The molecule has 7 nitrogen and oxygen atoms in total. The van der Waals surface area contributed by atoms with Crippen LogP contribution in [0, 0.1) is 10.8 Å². The van der Waals surface area contributed by atoms with Gasteiger partial charge in [0.05, 0.1) is 24.7 Å². The highest BCUT2D eigenvalue weighted by Gasteiger charge is 2.68. The topological polar surface area (TPSA) is 70.2 Å². The number of carbonyl (C=O) groups is 1. The lowest BCUT2D eigenvalue weighted by molar-refractivity contribution is -0.164. The lowest BCUT2D eigenvalue weighted by Crippen LogP contribution is -2.79. The van der Waals surface area contributed by atoms with Gasteiger partial charge in [0.1, 0.15) is 5.75 Å². The number of sulfone groups is 1. The van der Waals surface area contributed by atoms with Crippen molar-refractivity contribution in [1.29, 1.82) is 0 Å². The molecule has 6 rings (SSSR count). The number of piperidine rings is 2. The Morgan fingerprint density at radius 2 is 1.74 bits per heavy atom. The van der Waals surface area contributed by atoms with Gasteiger partial charge in [-0.25, -0.2) is 13.2 Å². The number of hydrogen-bond acceptors (Lipinski definition) is 5. The fourth-order valence-corrected chi connectivity index (χ4v) is 8.32. The van der Waals surface area contributed by atoms with Gasteiger partial charge in [-0.1, -0.05) is 38.1 Å². The molecule has 2 bridgehead atoms. The van der Waals surface area contributed by atoms with Crippen molar-refractivity contribution in [2.75, 3.05) is 49.7 Å². The Morgan fingerprint density at radius 3 is 2.44 bits per heavy atom. The molecule has 0 spiro atoms. The van der Waals surface area contributed by atoms with E-state index in [9.17, 15) is 13.2 Å². The Balaban J connectivity index is 1.35. The van der Waals surface area contributed by atoms with Crippen LogP contribution >= 0.6 is 0 Å². The maximum absolute atomic E-state index is 13.6. The van der Waals surface area contributed by atoms with Gasteiger partial charge in [-0.2, -0.15) is 0 Å². The first-order valence-electron chi connectivity index (χ1n) is 12.2. The molecule has 3 heterocycles. The van der Waals surface area contributed by atoms with Crippen molar-refractivity contribution in [3.05, 3.63) is 36.4 Å². The summed E-state index contributed by atoms with van der Waals surface area (Å²) >= 11 is 0. The Morgan fingerprint density at radius 1 is 1.03 bits per heavy atom. The van der Waals surface area contributed by atoms with Crippen LogP contribution in [0.4, 0.5) is 10.5 Å². The summed E-state index contributed by atoms with van der Waals surface area (Å²) in [5.74, 6) is 1.01. The molecule has 0 radical (unpaired) electrons. The number of rotatable bonds is 2. The van der Waals surface area contributed by atoms with Crippen molar-refractivity contribution in [2.24, 2.45) is 10.8 Å². The molecule has 0 aromatic heterocycles. The molecule has 8 heteroatoms. The number of nitrogens with zero attached hydrogens (tertiary/aromatic N) is 3. The smallest absolute Gasteiger partial charge is 0.320 e. The van der Waals surface area contributed by atoms with E-state index in [0.29, 0.717) is 19.1 Å². The van der Waals surface area contributed by atoms with E-state index in [4.69, 9.17) is 4.74 Å². The average Bonchev–Trinajstić information content (AvgIpc) is 2.81. The number of methoxy groups -OCH3 is 1. The average molecular weight is 484 g/mol. The summed E-state index contributed by atoms with van der Waals surface area (Å²) in [5.41, 5.74) is 1.41. The second kappa shape index (κ2) is 7.26. The third-order valence-corrected chi connectivity index (χ3v) is 11.0. The number of fused-ring (bicyclic) bond motifs is 2. The van der Waals surface area contributed by atoms with E-state index in [1.54, 1.807) is 12.0 Å². The van der Waals surface area contributed by atoms with E-state index in [1.807, 2.05) is 6.07 Å². The first-order valence-corrected chi connectivity index (χ1v) is 14.1. The van der Waals surface area contributed by atoms with Crippen LogP contribution in [0.15, 0.2) is 36.4 Å². The molecule has 0 N–H and O–H groups in total. The summed E-state index contributed by atoms with van der Waals surface area (Å²) in [5, 5.41) is 2.28. The predicted octanol–water partition coefficient (Wildman–Crippen LogP) is 3.38. The molecule has 2 aromatic rings. The third-order valence-electron chi connectivity index (χ3n) is 9.41. The van der Waals surface area contributed by atoms with Crippen molar-refractivity contribution in [1.82, 2.24) is 9.80 Å². The number of likely N-dealkylation sites (tertiary alicyclic amines) is 1. The summed E-state index contributed by atoms with van der Waals surface area (Å²) in [6, 6.07) is 13.2. The molecule has 182 valence electrons. The molecule has 3 saturated heterocycles. The second-order valence-corrected chi connectivity index (χ2v) is 13.4. The minimum absolute atomic E-state index is 0.00747. The molecule has 2 aromatic carbocycles. The number of benzene rings is 2. The van der Waals surface area contributed by atoms with Gasteiger partial charge < -0.3 is 19.4 Å². The monoisotopic (exact) mass is 483 g/mol. The summed E-state index contributed by atoms with van der Waals surface area (Å²) in [4.78, 5) is 20.0. The van der Waals surface area contributed by atoms with Crippen LogP contribution in [-0.2, 0) is 9.84 Å². The quantitative estimate of drug-likeness (QED) is 0.655. The maximum Gasteiger partial charge on any atom is 0.320 e. The molecule has 1 saturated carbocycles. The zero-order valence-electron chi connectivity index (χ0n) is 20.2. The first-order chi connectivity index (χ1) is 16.2. The highest BCUT2D eigenvalue weighted by molar-refractivity contribution is 7.91. The molecule has 4 fully saturated rings. The summed E-state index contributed by atoms with van der Waals surface area (Å²) in [7, 11) is -1.31. The molecule has 4 atom stereocenters. The number of amides is 2. The maximum atomic E-state index is 13.6. The van der Waals surface area contributed by atoms with E-state index in [2.05, 4.69) is 54.0 Å². The van der Waals surface area contributed by atoms with E-state index in [0.717, 1.165) is 37.1 Å². The zero-order valence-corrected chi connectivity index (χ0v) is 21.0. The lowest BCUT2D eigenvalue weighted by atomic mass is 9.42. The van der Waals surface area contributed by atoms with Gasteiger partial charge in [-0.3, -0.25) is 0 Å². The minimum atomic E-state index is -3.02. The predicted molar refractivity (Wildman–Crippen MR) is 133 cm³/mol. The van der Waals surface area contributed by atoms with E-state index in [1.165, 1.54) is 11.1 Å². The first kappa shape index (κ1) is 22.0. The second-order valence-electron chi connectivity index (χ2n) is 11.1. The number of carbonyl (C=O) groups excluding carboxylic acids is 1. The molecule has 4 unspecified atom stereocenters. The van der Waals surface area contributed by atoms with Gasteiger partial charge in [0.25, 0.3) is 0 Å². The van der Waals surface area contributed by atoms with Crippen LogP contribution in [-0.4, -0.2) is 81.1 Å². The van der Waals surface area contributed by atoms with Crippen LogP contribution < -0.4 is 9.64 Å². The molecule has 2 amide bonds. The molecule has 4 aliphatic rings. The molecular weight excluding hydrogens is 450 g/mol. The Hall–Kier alpha value is -2.48. The Bertz CT molecular complexity index is 1270. The fraction of sp³-hybridized carbons (Fsp3) is 0.577. The molecule has 3 aliphatic heterocycles. The third kappa shape index (κ3) is 3.00. The van der Waals surface area contributed by atoms with Gasteiger partial charge >= 0.3 is 6.03 Å². The normalized spacial score (nSPS) is 34.0. The SMILES string of the molecule is COc1ccc(N2CC3CC4(C)C2CC4(C)CN3C(=O)N2CCS(=O)(=O)CC2)c2ccccc12.